The van der Waals surface area contributed by atoms with Crippen LogP contribution in [-0.4, -0.2) is 34.5 Å². The summed E-state index contributed by atoms with van der Waals surface area (Å²) in [5.74, 6) is 0.602. The minimum Gasteiger partial charge on any atom is -0.320 e. The largest absolute Gasteiger partial charge is 0.322 e. The molecule has 98 valence electrons. The minimum atomic E-state index is -0.344. The highest BCUT2D eigenvalue weighted by atomic mass is 32.2. The van der Waals surface area contributed by atoms with Crippen LogP contribution in [0.4, 0.5) is 14.9 Å². The number of anilines is 1. The molecule has 0 saturated carbocycles. The second-order valence-corrected chi connectivity index (χ2v) is 5.94. The van der Waals surface area contributed by atoms with E-state index in [4.69, 9.17) is 0 Å². The average molecular weight is 268 g/mol. The number of carbonyl (C=O) groups is 1. The Kier molecular flexibility index (Phi) is 4.11. The van der Waals surface area contributed by atoms with E-state index in [0.717, 1.165) is 12.3 Å². The topological polar surface area (TPSA) is 32.3 Å². The van der Waals surface area contributed by atoms with Crippen LogP contribution in [0.1, 0.15) is 13.8 Å². The Hall–Kier alpha value is -1.23. The predicted molar refractivity (Wildman–Crippen MR) is 73.5 cm³/mol. The highest BCUT2D eigenvalue weighted by molar-refractivity contribution is 8.00. The first-order chi connectivity index (χ1) is 8.58. The number of hydrogen-bond donors (Lipinski definition) is 1. The summed E-state index contributed by atoms with van der Waals surface area (Å²) in [4.78, 5) is 13.9. The number of benzene rings is 1. The average Bonchev–Trinajstić information content (AvgIpc) is 2.32. The van der Waals surface area contributed by atoms with E-state index in [-0.39, 0.29) is 17.9 Å². The van der Waals surface area contributed by atoms with E-state index in [0.29, 0.717) is 10.9 Å². The lowest BCUT2D eigenvalue weighted by Crippen LogP contribution is -2.49. The Balaban J connectivity index is 2.03. The van der Waals surface area contributed by atoms with Gasteiger partial charge in [-0.25, -0.2) is 9.18 Å². The van der Waals surface area contributed by atoms with Gasteiger partial charge in [0.05, 0.1) is 0 Å². The molecule has 1 aliphatic heterocycles. The summed E-state index contributed by atoms with van der Waals surface area (Å²) in [5.41, 5.74) is 0.498. The van der Waals surface area contributed by atoms with Gasteiger partial charge in [-0.15, -0.1) is 0 Å². The van der Waals surface area contributed by atoms with Gasteiger partial charge >= 0.3 is 6.03 Å². The van der Waals surface area contributed by atoms with Crippen molar-refractivity contribution < 1.29 is 9.18 Å². The summed E-state index contributed by atoms with van der Waals surface area (Å²) in [6, 6.07) is 6.00. The molecule has 0 spiro atoms. The highest BCUT2D eigenvalue weighted by Gasteiger charge is 2.28. The summed E-state index contributed by atoms with van der Waals surface area (Å²) in [6.45, 7) is 4.90. The Morgan fingerprint density at radius 2 is 2.28 bits per heavy atom. The maximum absolute atomic E-state index is 13.0. The van der Waals surface area contributed by atoms with Crippen molar-refractivity contribution in [3.05, 3.63) is 30.1 Å². The van der Waals surface area contributed by atoms with Gasteiger partial charge in [0.15, 0.2) is 0 Å². The fourth-order valence-electron chi connectivity index (χ4n) is 1.98. The molecule has 2 amide bonds. The standard InChI is InChI=1S/C13H17FN2OS/c1-9-10(2)18-7-6-16(9)13(17)15-12-5-3-4-11(14)8-12/h3-5,8-10H,6-7H2,1-2H3,(H,15,17). The van der Waals surface area contributed by atoms with Crippen LogP contribution in [0.2, 0.25) is 0 Å². The second-order valence-electron chi connectivity index (χ2n) is 4.45. The Morgan fingerprint density at radius 3 is 3.00 bits per heavy atom. The van der Waals surface area contributed by atoms with Gasteiger partial charge < -0.3 is 10.2 Å². The fraction of sp³-hybridized carbons (Fsp3) is 0.462. The van der Waals surface area contributed by atoms with Crippen molar-refractivity contribution in [3.63, 3.8) is 0 Å². The van der Waals surface area contributed by atoms with Crippen LogP contribution >= 0.6 is 11.8 Å². The molecule has 1 heterocycles. The number of nitrogens with one attached hydrogen (secondary N) is 1. The number of amides is 2. The molecular formula is C13H17FN2OS. The van der Waals surface area contributed by atoms with Crippen LogP contribution in [0.5, 0.6) is 0 Å². The third kappa shape index (κ3) is 2.96. The summed E-state index contributed by atoms with van der Waals surface area (Å²) in [6.07, 6.45) is 0. The number of rotatable bonds is 1. The third-order valence-electron chi connectivity index (χ3n) is 3.22. The molecule has 2 atom stereocenters. The van der Waals surface area contributed by atoms with Crippen molar-refractivity contribution in [3.8, 4) is 0 Å². The van der Waals surface area contributed by atoms with Crippen LogP contribution in [0, 0.1) is 5.82 Å². The molecule has 2 rings (SSSR count). The number of halogens is 1. The van der Waals surface area contributed by atoms with Gasteiger partial charge in [-0.2, -0.15) is 11.8 Å². The lowest BCUT2D eigenvalue weighted by molar-refractivity contribution is 0.194. The van der Waals surface area contributed by atoms with Crippen molar-refractivity contribution >= 4 is 23.5 Å². The van der Waals surface area contributed by atoms with Crippen molar-refractivity contribution in [2.24, 2.45) is 0 Å². The Labute approximate surface area is 111 Å². The Morgan fingerprint density at radius 1 is 1.50 bits per heavy atom. The van der Waals surface area contributed by atoms with Gasteiger partial charge in [-0.1, -0.05) is 13.0 Å². The van der Waals surface area contributed by atoms with E-state index in [1.807, 2.05) is 23.6 Å². The molecule has 18 heavy (non-hydrogen) atoms. The summed E-state index contributed by atoms with van der Waals surface area (Å²) in [5, 5.41) is 3.17. The zero-order valence-electron chi connectivity index (χ0n) is 10.5. The molecule has 0 aromatic heterocycles. The number of nitrogens with zero attached hydrogens (tertiary/aromatic N) is 1. The molecule has 5 heteroatoms. The normalized spacial score (nSPS) is 23.8. The zero-order valence-corrected chi connectivity index (χ0v) is 11.3. The lowest BCUT2D eigenvalue weighted by Gasteiger charge is -2.37. The smallest absolute Gasteiger partial charge is 0.320 e. The van der Waals surface area contributed by atoms with Crippen LogP contribution in [0.15, 0.2) is 24.3 Å². The van der Waals surface area contributed by atoms with E-state index >= 15 is 0 Å². The van der Waals surface area contributed by atoms with E-state index in [9.17, 15) is 9.18 Å². The van der Waals surface area contributed by atoms with E-state index in [1.54, 1.807) is 12.1 Å². The van der Waals surface area contributed by atoms with Gasteiger partial charge in [0.1, 0.15) is 5.82 Å². The van der Waals surface area contributed by atoms with Gasteiger partial charge in [0.2, 0.25) is 0 Å². The highest BCUT2D eigenvalue weighted by Crippen LogP contribution is 2.24. The lowest BCUT2D eigenvalue weighted by atomic mass is 10.2. The van der Waals surface area contributed by atoms with Gasteiger partial charge in [0.25, 0.3) is 0 Å². The first kappa shape index (κ1) is 13.2. The number of hydrogen-bond acceptors (Lipinski definition) is 2. The van der Waals surface area contributed by atoms with E-state index in [1.165, 1.54) is 12.1 Å². The van der Waals surface area contributed by atoms with Crippen LogP contribution < -0.4 is 5.32 Å². The molecule has 1 aliphatic rings. The number of thioether (sulfide) groups is 1. The first-order valence-corrected chi connectivity index (χ1v) is 7.07. The molecule has 0 aliphatic carbocycles. The fourth-order valence-corrected chi connectivity index (χ4v) is 3.08. The van der Waals surface area contributed by atoms with E-state index in [2.05, 4.69) is 12.2 Å². The monoisotopic (exact) mass is 268 g/mol. The van der Waals surface area contributed by atoms with Crippen molar-refractivity contribution in [1.29, 1.82) is 0 Å². The predicted octanol–water partition coefficient (Wildman–Crippen LogP) is 3.18. The molecule has 1 aromatic rings. The molecule has 1 fully saturated rings. The molecule has 0 bridgehead atoms. The molecule has 2 unspecified atom stereocenters. The number of carbonyl (C=O) groups excluding carboxylic acids is 1. The van der Waals surface area contributed by atoms with Crippen LogP contribution in [0.25, 0.3) is 0 Å². The quantitative estimate of drug-likeness (QED) is 0.848. The molecule has 1 N–H and O–H groups in total. The second kappa shape index (κ2) is 5.61. The summed E-state index contributed by atoms with van der Waals surface area (Å²) >= 11 is 1.87. The van der Waals surface area contributed by atoms with Gasteiger partial charge in [-0.05, 0) is 25.1 Å². The SMILES string of the molecule is CC1SCCN(C(=O)Nc2cccc(F)c2)C1C. The Bertz CT molecular complexity index is 441. The van der Waals surface area contributed by atoms with E-state index < -0.39 is 0 Å². The first-order valence-electron chi connectivity index (χ1n) is 6.02. The maximum atomic E-state index is 13.0. The molecule has 3 nitrogen and oxygen atoms in total. The molecule has 0 radical (unpaired) electrons. The maximum Gasteiger partial charge on any atom is 0.322 e. The molecule has 1 aromatic carbocycles. The van der Waals surface area contributed by atoms with Crippen molar-refractivity contribution in [1.82, 2.24) is 4.90 Å². The number of urea groups is 1. The van der Waals surface area contributed by atoms with Crippen molar-refractivity contribution in [2.45, 2.75) is 25.1 Å². The van der Waals surface area contributed by atoms with Crippen LogP contribution in [-0.2, 0) is 0 Å². The third-order valence-corrected chi connectivity index (χ3v) is 4.56. The van der Waals surface area contributed by atoms with Gasteiger partial charge in [-0.3, -0.25) is 0 Å². The molecule has 1 saturated heterocycles. The minimum absolute atomic E-state index is 0.153. The van der Waals surface area contributed by atoms with Gasteiger partial charge in [0, 0.05) is 29.3 Å². The summed E-state index contributed by atoms with van der Waals surface area (Å²) < 4.78 is 13.0. The van der Waals surface area contributed by atoms with Crippen molar-refractivity contribution in [2.75, 3.05) is 17.6 Å². The van der Waals surface area contributed by atoms with Crippen LogP contribution in [0.3, 0.4) is 0 Å². The zero-order chi connectivity index (χ0) is 13.1. The molecular weight excluding hydrogens is 251 g/mol. The summed E-state index contributed by atoms with van der Waals surface area (Å²) in [7, 11) is 0.